The molecule has 2 heterocycles. The van der Waals surface area contributed by atoms with E-state index < -0.39 is 10.2 Å². The summed E-state index contributed by atoms with van der Waals surface area (Å²) in [7, 11) is -4.69. The number of aryl methyl sites for hydroxylation is 1. The number of hydrogen-bond donors (Lipinski definition) is 2. The fraction of sp³-hybridized carbons (Fsp3) is 0.333. The van der Waals surface area contributed by atoms with E-state index in [0.717, 1.165) is 49.2 Å². The number of hydrogen-bond acceptors (Lipinski definition) is 7. The second-order valence-electron chi connectivity index (χ2n) is 8.78. The molecule has 2 aromatic carbocycles. The van der Waals surface area contributed by atoms with E-state index in [1.807, 2.05) is 6.07 Å². The lowest BCUT2D eigenvalue weighted by molar-refractivity contribution is 0.161. The van der Waals surface area contributed by atoms with Crippen LogP contribution in [0, 0.1) is 5.92 Å². The molecule has 1 aromatic heterocycles. The summed E-state index contributed by atoms with van der Waals surface area (Å²) in [5, 5.41) is 0.876. The van der Waals surface area contributed by atoms with Crippen LogP contribution in [-0.4, -0.2) is 36.4 Å². The van der Waals surface area contributed by atoms with Gasteiger partial charge < -0.3 is 11.5 Å². The Kier molecular flexibility index (Phi) is 7.80. The number of nitrogens with two attached hydrogens (primary N) is 2. The molecule has 1 aliphatic rings. The van der Waals surface area contributed by atoms with Gasteiger partial charge in [0.25, 0.3) is 0 Å². The summed E-state index contributed by atoms with van der Waals surface area (Å²) in [5.41, 5.74) is 15.3. The van der Waals surface area contributed by atoms with Crippen LogP contribution in [0.1, 0.15) is 30.5 Å². The number of aromatic nitrogens is 2. The summed E-state index contributed by atoms with van der Waals surface area (Å²) in [4.78, 5) is 10.6. The zero-order valence-corrected chi connectivity index (χ0v) is 21.3. The first kappa shape index (κ1) is 25.6. The van der Waals surface area contributed by atoms with E-state index in [1.165, 1.54) is 12.1 Å². The van der Waals surface area contributed by atoms with Gasteiger partial charge in [0.05, 0.1) is 20.6 Å². The van der Waals surface area contributed by atoms with E-state index in [9.17, 15) is 12.3 Å². The Morgan fingerprint density at radius 1 is 1.06 bits per heavy atom. The number of halogens is 3. The van der Waals surface area contributed by atoms with Crippen LogP contribution in [-0.2, 0) is 23.2 Å². The Morgan fingerprint density at radius 2 is 1.80 bits per heavy atom. The van der Waals surface area contributed by atoms with Crippen molar-refractivity contribution < 1.29 is 12.3 Å². The molecular formula is C24H26Cl2FN5O2S. The number of anilines is 2. The molecule has 0 aliphatic carbocycles. The summed E-state index contributed by atoms with van der Waals surface area (Å²) < 4.78 is 35.2. The average Bonchev–Trinajstić information content (AvgIpc) is 2.79. The van der Waals surface area contributed by atoms with Gasteiger partial charge in [-0.2, -0.15) is 13.4 Å². The molecular weight excluding hydrogens is 512 g/mol. The van der Waals surface area contributed by atoms with E-state index in [-0.39, 0.29) is 10.8 Å². The first-order valence-electron chi connectivity index (χ1n) is 11.2. The zero-order valence-electron chi connectivity index (χ0n) is 18.9. The number of piperidine rings is 1. The Hall–Kier alpha value is -2.46. The molecule has 1 saturated heterocycles. The average molecular weight is 538 g/mol. The van der Waals surface area contributed by atoms with Crippen LogP contribution in [0.15, 0.2) is 47.4 Å². The van der Waals surface area contributed by atoms with Crippen molar-refractivity contribution in [2.75, 3.05) is 24.6 Å². The highest BCUT2D eigenvalue weighted by molar-refractivity contribution is 7.86. The van der Waals surface area contributed by atoms with Crippen molar-refractivity contribution in [2.24, 2.45) is 5.92 Å². The van der Waals surface area contributed by atoms with Crippen LogP contribution in [0.2, 0.25) is 10.0 Å². The molecule has 35 heavy (non-hydrogen) atoms. The summed E-state index contributed by atoms with van der Waals surface area (Å²) in [6.07, 6.45) is 3.71. The largest absolute Gasteiger partial charge is 0.383 e. The number of likely N-dealkylation sites (tertiary alicyclic amines) is 1. The fourth-order valence-corrected chi connectivity index (χ4v) is 5.34. The summed E-state index contributed by atoms with van der Waals surface area (Å²) >= 11 is 12.3. The smallest absolute Gasteiger partial charge is 0.332 e. The molecule has 0 saturated carbocycles. The normalized spacial score (nSPS) is 16.9. The zero-order chi connectivity index (χ0) is 25.2. The molecule has 1 aliphatic heterocycles. The quantitative estimate of drug-likeness (QED) is 0.402. The molecule has 1 atom stereocenters. The lowest BCUT2D eigenvalue weighted by Crippen LogP contribution is -2.35. The number of nitrogens with zero attached hydrogens (tertiary/aromatic N) is 3. The SMILES string of the molecule is Nc1nc(N)c(-c2ccc(Cl)c(Cl)c2)c(CCC2CCCN(Cc3ccc(S(=O)(=O)F)cc3)C2)n1. The molecule has 7 nitrogen and oxygen atoms in total. The lowest BCUT2D eigenvalue weighted by atomic mass is 9.91. The third-order valence-electron chi connectivity index (χ3n) is 6.24. The molecule has 0 radical (unpaired) electrons. The maximum Gasteiger partial charge on any atom is 0.332 e. The van der Waals surface area contributed by atoms with Crippen molar-refractivity contribution in [3.63, 3.8) is 0 Å². The van der Waals surface area contributed by atoms with Gasteiger partial charge in [-0.3, -0.25) is 4.90 Å². The molecule has 4 N–H and O–H groups in total. The topological polar surface area (TPSA) is 115 Å². The van der Waals surface area contributed by atoms with Crippen molar-refractivity contribution in [3.8, 4) is 11.1 Å². The number of benzene rings is 2. The van der Waals surface area contributed by atoms with Crippen molar-refractivity contribution in [1.82, 2.24) is 14.9 Å². The van der Waals surface area contributed by atoms with Crippen molar-refractivity contribution in [2.45, 2.75) is 37.1 Å². The molecule has 0 spiro atoms. The van der Waals surface area contributed by atoms with Crippen molar-refractivity contribution >= 4 is 45.2 Å². The molecule has 1 unspecified atom stereocenters. The highest BCUT2D eigenvalue weighted by Gasteiger charge is 2.22. The second-order valence-corrected chi connectivity index (χ2v) is 10.9. The Labute approximate surface area is 214 Å². The van der Waals surface area contributed by atoms with Gasteiger partial charge in [-0.1, -0.05) is 41.4 Å². The molecule has 3 aromatic rings. The van der Waals surface area contributed by atoms with Gasteiger partial charge in [-0.15, -0.1) is 3.89 Å². The van der Waals surface area contributed by atoms with Crippen LogP contribution < -0.4 is 11.5 Å². The number of rotatable bonds is 7. The predicted molar refractivity (Wildman–Crippen MR) is 137 cm³/mol. The van der Waals surface area contributed by atoms with Gasteiger partial charge >= 0.3 is 10.2 Å². The highest BCUT2D eigenvalue weighted by atomic mass is 35.5. The summed E-state index contributed by atoms with van der Waals surface area (Å²) in [6.45, 7) is 2.51. The van der Waals surface area contributed by atoms with Crippen molar-refractivity contribution in [1.29, 1.82) is 0 Å². The van der Waals surface area contributed by atoms with Gasteiger partial charge in [-0.25, -0.2) is 4.98 Å². The van der Waals surface area contributed by atoms with Crippen LogP contribution in [0.3, 0.4) is 0 Å². The number of nitrogen functional groups attached to an aromatic ring is 2. The van der Waals surface area contributed by atoms with Crippen LogP contribution in [0.25, 0.3) is 11.1 Å². The van der Waals surface area contributed by atoms with Gasteiger partial charge in [0.2, 0.25) is 5.95 Å². The Balaban J connectivity index is 1.44. The van der Waals surface area contributed by atoms with Crippen LogP contribution in [0.5, 0.6) is 0 Å². The Morgan fingerprint density at radius 3 is 2.49 bits per heavy atom. The molecule has 11 heteroatoms. The molecule has 4 rings (SSSR count). The minimum atomic E-state index is -4.69. The van der Waals surface area contributed by atoms with E-state index in [4.69, 9.17) is 34.7 Å². The summed E-state index contributed by atoms with van der Waals surface area (Å²) in [5.74, 6) is 0.869. The van der Waals surface area contributed by atoms with Crippen LogP contribution >= 0.6 is 23.2 Å². The third-order valence-corrected chi connectivity index (χ3v) is 7.82. The summed E-state index contributed by atoms with van der Waals surface area (Å²) in [6, 6.07) is 11.2. The van der Waals surface area contributed by atoms with Crippen LogP contribution in [0.4, 0.5) is 15.7 Å². The molecule has 0 amide bonds. The minimum absolute atomic E-state index is 0.130. The third kappa shape index (κ3) is 6.41. The maximum atomic E-state index is 13.1. The molecule has 0 bridgehead atoms. The highest BCUT2D eigenvalue weighted by Crippen LogP contribution is 2.34. The van der Waals surface area contributed by atoms with E-state index in [2.05, 4.69) is 14.9 Å². The van der Waals surface area contributed by atoms with Gasteiger partial charge in [0, 0.05) is 18.7 Å². The molecule has 1 fully saturated rings. The minimum Gasteiger partial charge on any atom is -0.383 e. The van der Waals surface area contributed by atoms with Crippen molar-refractivity contribution in [3.05, 3.63) is 63.8 Å². The van der Waals surface area contributed by atoms with Gasteiger partial charge in [-0.05, 0) is 73.5 Å². The van der Waals surface area contributed by atoms with Gasteiger partial charge in [0.1, 0.15) is 5.82 Å². The standard InChI is InChI=1S/C24H26Cl2FN5O2S/c25-19-9-6-17(12-20(19)26)22-21(30-24(29)31-23(22)28)10-5-15-2-1-11-32(13-15)14-16-3-7-18(8-4-16)35(27,33)34/h3-4,6-9,12,15H,1-2,5,10-11,13-14H2,(H4,28,29,30,31). The fourth-order valence-electron chi connectivity index (χ4n) is 4.58. The first-order chi connectivity index (χ1) is 16.6. The van der Waals surface area contributed by atoms with E-state index >= 15 is 0 Å². The van der Waals surface area contributed by atoms with Gasteiger partial charge in [0.15, 0.2) is 0 Å². The van der Waals surface area contributed by atoms with E-state index in [1.54, 1.807) is 24.3 Å². The molecule has 186 valence electrons. The maximum absolute atomic E-state index is 13.1. The monoisotopic (exact) mass is 537 g/mol. The second kappa shape index (κ2) is 10.7. The first-order valence-corrected chi connectivity index (χ1v) is 13.4. The Bertz CT molecular complexity index is 1320. The predicted octanol–water partition coefficient (Wildman–Crippen LogP) is 5.12. The van der Waals surface area contributed by atoms with E-state index in [0.29, 0.717) is 40.3 Å². The lowest BCUT2D eigenvalue weighted by Gasteiger charge is -2.33.